The van der Waals surface area contributed by atoms with Crippen molar-refractivity contribution in [3.8, 4) is 0 Å². The van der Waals surface area contributed by atoms with E-state index < -0.39 is 0 Å². The van der Waals surface area contributed by atoms with Crippen LogP contribution in [0, 0.1) is 0 Å². The highest BCUT2D eigenvalue weighted by atomic mass is 16.3. The summed E-state index contributed by atoms with van der Waals surface area (Å²) in [7, 11) is 0. The predicted octanol–water partition coefficient (Wildman–Crippen LogP) is 3.19. The van der Waals surface area contributed by atoms with Gasteiger partial charge in [-0.25, -0.2) is 0 Å². The molecule has 0 amide bonds. The number of allylic oxidation sites excluding steroid dienone is 3. The third-order valence-corrected chi connectivity index (χ3v) is 1.25. The molecule has 0 aromatic rings. The molecule has 1 heteroatoms. The molecule has 0 saturated heterocycles. The van der Waals surface area contributed by atoms with E-state index in [1.54, 1.807) is 12.2 Å². The summed E-state index contributed by atoms with van der Waals surface area (Å²) in [5, 5.41) is 8.50. The molecular formula is C9H16O. The molecule has 0 atom stereocenters. The van der Waals surface area contributed by atoms with E-state index in [2.05, 4.69) is 13.8 Å². The number of aliphatic hydroxyl groups excluding tert-OH is 1. The second kappa shape index (κ2) is 6.40. The molecule has 1 aliphatic rings. The zero-order valence-electron chi connectivity index (χ0n) is 6.80. The first kappa shape index (κ1) is 9.28. The van der Waals surface area contributed by atoms with Gasteiger partial charge in [0.25, 0.3) is 0 Å². The molecule has 58 valence electrons. The summed E-state index contributed by atoms with van der Waals surface area (Å²) in [5.74, 6) is 0.398. The normalized spacial score (nSPS) is 14.0. The lowest BCUT2D eigenvalue weighted by Crippen LogP contribution is -1.60. The van der Waals surface area contributed by atoms with Crippen LogP contribution in [-0.2, 0) is 0 Å². The molecule has 1 rings (SSSR count). The smallest absolute Gasteiger partial charge is 0.111 e. The summed E-state index contributed by atoms with van der Waals surface area (Å²) < 4.78 is 0. The Hall–Kier alpha value is -0.720. The monoisotopic (exact) mass is 140 g/mol. The number of aliphatic hydroxyl groups is 1. The minimum atomic E-state index is 0.398. The van der Waals surface area contributed by atoms with Crippen LogP contribution in [0.25, 0.3) is 0 Å². The van der Waals surface area contributed by atoms with Crippen LogP contribution in [0.15, 0.2) is 24.0 Å². The maximum Gasteiger partial charge on any atom is 0.111 e. The maximum absolute atomic E-state index is 8.50. The average Bonchev–Trinajstić information content (AvgIpc) is 2.40. The Kier molecular flexibility index (Phi) is 5.94. The lowest BCUT2D eigenvalue weighted by molar-refractivity contribution is 0.433. The lowest BCUT2D eigenvalue weighted by atomic mass is 10.4. The van der Waals surface area contributed by atoms with Gasteiger partial charge in [0.1, 0.15) is 5.76 Å². The first-order valence-electron chi connectivity index (χ1n) is 3.87. The molecule has 0 saturated carbocycles. The van der Waals surface area contributed by atoms with Crippen LogP contribution in [0.1, 0.15) is 33.1 Å². The minimum absolute atomic E-state index is 0.398. The Balaban J connectivity index is 0.000000180. The Morgan fingerprint density at radius 2 is 2.00 bits per heavy atom. The minimum Gasteiger partial charge on any atom is -0.508 e. The summed E-state index contributed by atoms with van der Waals surface area (Å²) in [6, 6.07) is 0. The second-order valence-electron chi connectivity index (χ2n) is 2.27. The van der Waals surface area contributed by atoms with Crippen LogP contribution in [0.4, 0.5) is 0 Å². The first-order chi connectivity index (χ1) is 4.81. The average molecular weight is 140 g/mol. The van der Waals surface area contributed by atoms with E-state index in [1.165, 1.54) is 12.8 Å². The van der Waals surface area contributed by atoms with Crippen LogP contribution < -0.4 is 0 Å². The zero-order valence-corrected chi connectivity index (χ0v) is 6.80. The Bertz CT molecular complexity index is 118. The van der Waals surface area contributed by atoms with Crippen molar-refractivity contribution in [2.24, 2.45) is 0 Å². The van der Waals surface area contributed by atoms with Gasteiger partial charge in [0.15, 0.2) is 0 Å². The number of hydrogen-bond donors (Lipinski definition) is 1. The molecule has 0 fully saturated rings. The van der Waals surface area contributed by atoms with Gasteiger partial charge >= 0.3 is 0 Å². The lowest BCUT2D eigenvalue weighted by Gasteiger charge is -1.74. The topological polar surface area (TPSA) is 20.2 Å². The Labute approximate surface area is 63.1 Å². The Morgan fingerprint density at radius 1 is 1.40 bits per heavy atom. The molecule has 0 aromatic carbocycles. The van der Waals surface area contributed by atoms with Crippen molar-refractivity contribution in [3.63, 3.8) is 0 Å². The molecule has 0 bridgehead atoms. The zero-order chi connectivity index (χ0) is 7.82. The van der Waals surface area contributed by atoms with Gasteiger partial charge in [-0.05, 0) is 18.6 Å². The highest BCUT2D eigenvalue weighted by molar-refractivity contribution is 5.18. The number of rotatable bonds is 1. The van der Waals surface area contributed by atoms with Crippen LogP contribution in [0.2, 0.25) is 0 Å². The van der Waals surface area contributed by atoms with E-state index in [0.29, 0.717) is 5.76 Å². The summed E-state index contributed by atoms with van der Waals surface area (Å²) in [5.41, 5.74) is 0. The summed E-state index contributed by atoms with van der Waals surface area (Å²) in [4.78, 5) is 0. The van der Waals surface area contributed by atoms with Gasteiger partial charge in [-0.15, -0.1) is 0 Å². The largest absolute Gasteiger partial charge is 0.508 e. The second-order valence-corrected chi connectivity index (χ2v) is 2.27. The fourth-order valence-corrected chi connectivity index (χ4v) is 0.446. The molecule has 0 radical (unpaired) electrons. The fraction of sp³-hybridized carbons (Fsp3) is 0.556. The van der Waals surface area contributed by atoms with E-state index in [0.717, 1.165) is 6.42 Å². The van der Waals surface area contributed by atoms with E-state index in [1.807, 2.05) is 6.08 Å². The van der Waals surface area contributed by atoms with Crippen molar-refractivity contribution in [1.29, 1.82) is 0 Å². The van der Waals surface area contributed by atoms with Crippen molar-refractivity contribution in [2.45, 2.75) is 33.1 Å². The Morgan fingerprint density at radius 3 is 2.10 bits per heavy atom. The molecule has 1 nitrogen and oxygen atoms in total. The third-order valence-electron chi connectivity index (χ3n) is 1.25. The molecule has 1 aliphatic carbocycles. The molecule has 0 heterocycles. The molecular weight excluding hydrogens is 124 g/mol. The molecule has 0 unspecified atom stereocenters. The molecule has 1 N–H and O–H groups in total. The van der Waals surface area contributed by atoms with Crippen LogP contribution in [0.5, 0.6) is 0 Å². The van der Waals surface area contributed by atoms with Crippen molar-refractivity contribution >= 4 is 0 Å². The van der Waals surface area contributed by atoms with Gasteiger partial charge in [0.05, 0.1) is 0 Å². The summed E-state index contributed by atoms with van der Waals surface area (Å²) >= 11 is 0. The van der Waals surface area contributed by atoms with Crippen LogP contribution >= 0.6 is 0 Å². The molecule has 0 aliphatic heterocycles. The fourth-order valence-electron chi connectivity index (χ4n) is 0.446. The quantitative estimate of drug-likeness (QED) is 0.593. The third kappa shape index (κ3) is 5.42. The highest BCUT2D eigenvalue weighted by Crippen LogP contribution is 2.02. The van der Waals surface area contributed by atoms with Crippen molar-refractivity contribution in [2.75, 3.05) is 0 Å². The van der Waals surface area contributed by atoms with Gasteiger partial charge in [-0.2, -0.15) is 0 Å². The number of hydrogen-bond acceptors (Lipinski definition) is 1. The van der Waals surface area contributed by atoms with Crippen LogP contribution in [0.3, 0.4) is 0 Å². The van der Waals surface area contributed by atoms with Crippen molar-refractivity contribution in [1.82, 2.24) is 0 Å². The maximum atomic E-state index is 8.50. The van der Waals surface area contributed by atoms with E-state index in [-0.39, 0.29) is 0 Å². The van der Waals surface area contributed by atoms with Gasteiger partial charge < -0.3 is 5.11 Å². The van der Waals surface area contributed by atoms with Gasteiger partial charge in [-0.1, -0.05) is 32.8 Å². The molecule has 0 aromatic heterocycles. The standard InChI is InChI=1S/C5H6O.C4H10/c6-5-3-1-2-4-5;1-3-4-2/h1,3-4,6H,2H2;3-4H2,1-2H3. The first-order valence-corrected chi connectivity index (χ1v) is 3.87. The van der Waals surface area contributed by atoms with E-state index >= 15 is 0 Å². The molecule has 10 heavy (non-hydrogen) atoms. The highest BCUT2D eigenvalue weighted by Gasteiger charge is 1.87. The SMILES string of the molecule is CCCC.OC1=CCC=C1. The molecule has 0 spiro atoms. The van der Waals surface area contributed by atoms with Crippen molar-refractivity contribution < 1.29 is 5.11 Å². The van der Waals surface area contributed by atoms with E-state index in [4.69, 9.17) is 5.11 Å². The van der Waals surface area contributed by atoms with Gasteiger partial charge in [-0.3, -0.25) is 0 Å². The van der Waals surface area contributed by atoms with Gasteiger partial charge in [0, 0.05) is 0 Å². The number of unbranched alkanes of at least 4 members (excludes halogenated alkanes) is 1. The predicted molar refractivity (Wildman–Crippen MR) is 45.1 cm³/mol. The van der Waals surface area contributed by atoms with E-state index in [9.17, 15) is 0 Å². The summed E-state index contributed by atoms with van der Waals surface area (Å²) in [6.45, 7) is 4.36. The van der Waals surface area contributed by atoms with Crippen LogP contribution in [-0.4, -0.2) is 5.11 Å². The summed E-state index contributed by atoms with van der Waals surface area (Å²) in [6.07, 6.45) is 8.90. The van der Waals surface area contributed by atoms with Gasteiger partial charge in [0.2, 0.25) is 0 Å². The van der Waals surface area contributed by atoms with Crippen molar-refractivity contribution in [3.05, 3.63) is 24.0 Å².